The Morgan fingerprint density at radius 1 is 1.10 bits per heavy atom. The first-order chi connectivity index (χ1) is 15.1. The fourth-order valence-corrected chi connectivity index (χ4v) is 4.63. The fourth-order valence-electron chi connectivity index (χ4n) is 4.63. The second-order valence-electron chi connectivity index (χ2n) is 8.17. The van der Waals surface area contributed by atoms with Crippen molar-refractivity contribution in [2.45, 2.75) is 12.8 Å². The Kier molecular flexibility index (Phi) is 6.44. The van der Waals surface area contributed by atoms with E-state index in [2.05, 4.69) is 51.8 Å². The molecule has 3 aliphatic rings. The predicted octanol–water partition coefficient (Wildman–Crippen LogP) is 2.90. The summed E-state index contributed by atoms with van der Waals surface area (Å²) >= 11 is 0. The number of amides is 2. The largest absolute Gasteiger partial charge is 0.495 e. The summed E-state index contributed by atoms with van der Waals surface area (Å²) in [6, 6.07) is 7.72. The maximum Gasteiger partial charge on any atom is 0.316 e. The van der Waals surface area contributed by atoms with E-state index in [1.807, 2.05) is 24.3 Å². The lowest BCUT2D eigenvalue weighted by Gasteiger charge is -2.37. The van der Waals surface area contributed by atoms with Gasteiger partial charge in [0.25, 0.3) is 0 Å². The number of nitrogens with one attached hydrogen (secondary N) is 1. The molecule has 1 aromatic carbocycles. The molecule has 0 saturated carbocycles. The summed E-state index contributed by atoms with van der Waals surface area (Å²) in [5.74, 6) is 0.946. The molecule has 7 nitrogen and oxygen atoms in total. The molecular weight excluding hydrogens is 390 g/mol. The van der Waals surface area contributed by atoms with Crippen molar-refractivity contribution in [2.75, 3.05) is 51.3 Å². The van der Waals surface area contributed by atoms with Crippen LogP contribution in [0, 0.1) is 0 Å². The van der Waals surface area contributed by atoms with E-state index in [4.69, 9.17) is 10.5 Å². The van der Waals surface area contributed by atoms with Crippen molar-refractivity contribution in [1.82, 2.24) is 10.2 Å². The van der Waals surface area contributed by atoms with Gasteiger partial charge in [-0.25, -0.2) is 9.28 Å². The molecule has 2 amide bonds. The molecule has 3 heterocycles. The van der Waals surface area contributed by atoms with E-state index in [1.165, 1.54) is 5.69 Å². The van der Waals surface area contributed by atoms with E-state index < -0.39 is 6.03 Å². The highest BCUT2D eigenvalue weighted by atomic mass is 16.5. The van der Waals surface area contributed by atoms with Crippen LogP contribution < -0.4 is 20.7 Å². The molecule has 1 aromatic rings. The van der Waals surface area contributed by atoms with Crippen LogP contribution in [0.4, 0.5) is 10.5 Å². The summed E-state index contributed by atoms with van der Waals surface area (Å²) in [5.41, 5.74) is 8.38. The Morgan fingerprint density at radius 2 is 1.90 bits per heavy atom. The number of allylic oxidation sites excluding steroid dienone is 4. The first-order valence-corrected chi connectivity index (χ1v) is 11.0. The molecule has 7 heteroatoms. The zero-order chi connectivity index (χ0) is 21.7. The highest BCUT2D eigenvalue weighted by Gasteiger charge is 2.35. The molecule has 0 aliphatic carbocycles. The average Bonchev–Trinajstić information content (AvgIpc) is 3.15. The van der Waals surface area contributed by atoms with Gasteiger partial charge in [-0.1, -0.05) is 18.2 Å². The standard InChI is InChI=1S/C24H31N5O2/c1-31-23-10-3-2-8-21(23)28-15-13-27(14-16-28)12-5-7-18-29-17-6-4-9-22(29)20(11-19-29)26-24(25)30/h2-4,6,8-11,17,19H,5,7,12-16,18H2,1H3,(H2-,25,26,30)/p+1. The van der Waals surface area contributed by atoms with E-state index in [0.717, 1.165) is 69.3 Å². The summed E-state index contributed by atoms with van der Waals surface area (Å²) in [5, 5.41) is 2.74. The number of rotatable bonds is 8. The lowest BCUT2D eigenvalue weighted by molar-refractivity contribution is -0.783. The van der Waals surface area contributed by atoms with Gasteiger partial charge < -0.3 is 20.7 Å². The normalized spacial score (nSPS) is 22.7. The van der Waals surface area contributed by atoms with Gasteiger partial charge in [-0.2, -0.15) is 0 Å². The van der Waals surface area contributed by atoms with E-state index in [0.29, 0.717) is 4.48 Å². The maximum atomic E-state index is 11.3. The van der Waals surface area contributed by atoms with Crippen LogP contribution in [0.1, 0.15) is 12.8 Å². The van der Waals surface area contributed by atoms with Crippen molar-refractivity contribution in [3.63, 3.8) is 0 Å². The molecule has 0 aromatic heterocycles. The second kappa shape index (κ2) is 9.41. The number of fused-ring (bicyclic) bond motifs is 1. The highest BCUT2D eigenvalue weighted by Crippen LogP contribution is 2.33. The SMILES string of the molecule is COc1ccccc1N1CCN(CCCC[N+]23C=CC=CC2=C(NC(N)=O)C=C3)CC1. The zero-order valence-corrected chi connectivity index (χ0v) is 18.2. The van der Waals surface area contributed by atoms with E-state index >= 15 is 0 Å². The summed E-state index contributed by atoms with van der Waals surface area (Å²) in [6.45, 7) is 6.25. The minimum Gasteiger partial charge on any atom is -0.495 e. The number of carbonyl (C=O) groups is 1. The van der Waals surface area contributed by atoms with Crippen LogP contribution in [0.5, 0.6) is 5.75 Å². The van der Waals surface area contributed by atoms with Gasteiger partial charge in [-0.05, 0) is 37.6 Å². The van der Waals surface area contributed by atoms with E-state index in [1.54, 1.807) is 7.11 Å². The number of piperazine rings is 1. The smallest absolute Gasteiger partial charge is 0.316 e. The third-order valence-corrected chi connectivity index (χ3v) is 6.26. The molecule has 1 unspecified atom stereocenters. The van der Waals surface area contributed by atoms with Crippen LogP contribution in [0.25, 0.3) is 0 Å². The van der Waals surface area contributed by atoms with Crippen molar-refractivity contribution in [3.05, 3.63) is 72.4 Å². The maximum absolute atomic E-state index is 11.3. The molecule has 164 valence electrons. The van der Waals surface area contributed by atoms with Crippen molar-refractivity contribution in [3.8, 4) is 5.75 Å². The van der Waals surface area contributed by atoms with Gasteiger partial charge in [-0.3, -0.25) is 4.90 Å². The summed E-state index contributed by atoms with van der Waals surface area (Å²) < 4.78 is 6.16. The molecular formula is C24H32N5O2+. The first kappa shape index (κ1) is 21.2. The van der Waals surface area contributed by atoms with Crippen LogP contribution >= 0.6 is 0 Å². The molecule has 1 atom stereocenters. The Balaban J connectivity index is 1.25. The number of unbranched alkanes of at least 4 members (excludes halogenated alkanes) is 1. The minimum atomic E-state index is -0.526. The third-order valence-electron chi connectivity index (χ3n) is 6.26. The number of para-hydroxylation sites is 2. The molecule has 0 bridgehead atoms. The number of ether oxygens (including phenoxy) is 1. The van der Waals surface area contributed by atoms with Gasteiger partial charge in [0.2, 0.25) is 0 Å². The number of benzene rings is 1. The number of hydrogen-bond donors (Lipinski definition) is 2. The summed E-state index contributed by atoms with van der Waals surface area (Å²) in [4.78, 5) is 16.3. The number of primary amides is 1. The third kappa shape index (κ3) is 4.68. The fraction of sp³-hybridized carbons (Fsp3) is 0.375. The number of carbonyl (C=O) groups excluding carboxylic acids is 1. The van der Waals surface area contributed by atoms with Crippen LogP contribution in [0.15, 0.2) is 72.4 Å². The topological polar surface area (TPSA) is 70.8 Å². The number of urea groups is 1. The molecule has 4 rings (SSSR count). The minimum absolute atomic E-state index is 0.526. The lowest BCUT2D eigenvalue weighted by atomic mass is 10.1. The molecule has 1 fully saturated rings. The van der Waals surface area contributed by atoms with Crippen molar-refractivity contribution in [1.29, 1.82) is 0 Å². The van der Waals surface area contributed by atoms with Crippen molar-refractivity contribution >= 4 is 11.7 Å². The van der Waals surface area contributed by atoms with Crippen LogP contribution in [-0.4, -0.2) is 61.8 Å². The lowest BCUT2D eigenvalue weighted by Crippen LogP contribution is -2.46. The Labute approximate surface area is 184 Å². The predicted molar refractivity (Wildman–Crippen MR) is 123 cm³/mol. The van der Waals surface area contributed by atoms with Gasteiger partial charge in [0, 0.05) is 38.3 Å². The number of methoxy groups -OCH3 is 1. The Bertz CT molecular complexity index is 928. The highest BCUT2D eigenvalue weighted by molar-refractivity contribution is 5.74. The second-order valence-corrected chi connectivity index (χ2v) is 8.17. The number of nitrogens with zero attached hydrogens (tertiary/aromatic N) is 3. The summed E-state index contributed by atoms with van der Waals surface area (Å²) in [6.07, 6.45) is 14.6. The number of hydrogen-bond acceptors (Lipinski definition) is 4. The average molecular weight is 423 g/mol. The van der Waals surface area contributed by atoms with Crippen molar-refractivity contribution in [2.24, 2.45) is 5.73 Å². The molecule has 3 N–H and O–H groups in total. The molecule has 31 heavy (non-hydrogen) atoms. The molecule has 0 radical (unpaired) electrons. The zero-order valence-electron chi connectivity index (χ0n) is 18.2. The molecule has 3 aliphatic heterocycles. The van der Waals surface area contributed by atoms with Crippen LogP contribution in [-0.2, 0) is 0 Å². The molecule has 0 spiro atoms. The van der Waals surface area contributed by atoms with Crippen molar-refractivity contribution < 1.29 is 14.0 Å². The van der Waals surface area contributed by atoms with Gasteiger partial charge in [0.1, 0.15) is 23.8 Å². The quantitative estimate of drug-likeness (QED) is 0.499. The van der Waals surface area contributed by atoms with Gasteiger partial charge in [-0.15, -0.1) is 0 Å². The molecule has 1 saturated heterocycles. The Morgan fingerprint density at radius 3 is 2.68 bits per heavy atom. The van der Waals surface area contributed by atoms with Gasteiger partial charge >= 0.3 is 6.03 Å². The number of anilines is 1. The van der Waals surface area contributed by atoms with E-state index in [-0.39, 0.29) is 0 Å². The van der Waals surface area contributed by atoms with E-state index in [9.17, 15) is 4.79 Å². The van der Waals surface area contributed by atoms with Gasteiger partial charge in [0.15, 0.2) is 5.70 Å². The van der Waals surface area contributed by atoms with Gasteiger partial charge in [0.05, 0.1) is 19.3 Å². The first-order valence-electron chi connectivity index (χ1n) is 11.0. The Hall–Kier alpha value is -3.03. The number of nitrogens with two attached hydrogens (primary N) is 1. The monoisotopic (exact) mass is 422 g/mol. The summed E-state index contributed by atoms with van der Waals surface area (Å²) in [7, 11) is 1.73. The van der Waals surface area contributed by atoms with Crippen LogP contribution in [0.2, 0.25) is 0 Å². The number of quaternary nitrogens is 1. The van der Waals surface area contributed by atoms with Crippen LogP contribution in [0.3, 0.4) is 0 Å².